The van der Waals surface area contributed by atoms with E-state index in [9.17, 15) is 0 Å². The van der Waals surface area contributed by atoms with Crippen molar-refractivity contribution >= 4 is 24.8 Å². The first-order chi connectivity index (χ1) is 8.22. The first kappa shape index (κ1) is 11.0. The molecule has 0 amide bonds. The zero-order chi connectivity index (χ0) is 12.0. The van der Waals surface area contributed by atoms with Gasteiger partial charge in [-0.25, -0.2) is 4.57 Å². The Labute approximate surface area is 105 Å². The van der Waals surface area contributed by atoms with Crippen LogP contribution in [0.4, 0.5) is 0 Å². The van der Waals surface area contributed by atoms with E-state index in [0.717, 1.165) is 6.42 Å². The van der Waals surface area contributed by atoms with Crippen LogP contribution in [0.2, 0.25) is 12.6 Å². The molecule has 2 heteroatoms. The van der Waals surface area contributed by atoms with E-state index in [1.807, 2.05) is 0 Å². The average molecular weight is 242 g/mol. The zero-order valence-electron chi connectivity index (χ0n) is 11.0. The Bertz CT molecular complexity index is 589. The maximum absolute atomic E-state index is 2.49. The molecule has 88 valence electrons. The van der Waals surface area contributed by atoms with Gasteiger partial charge in [-0.1, -0.05) is 30.8 Å². The number of hydrogen-bond donors (Lipinski definition) is 0. The fourth-order valence-electron chi connectivity index (χ4n) is 3.29. The van der Waals surface area contributed by atoms with Gasteiger partial charge in [-0.05, 0) is 23.4 Å². The summed E-state index contributed by atoms with van der Waals surface area (Å²) in [6.07, 6.45) is 4.66. The number of rotatable bonds is 1. The smallest absolute Gasteiger partial charge is 0.188 e. The molecule has 17 heavy (non-hydrogen) atoms. The summed E-state index contributed by atoms with van der Waals surface area (Å²) in [7, 11) is 1.56. The van der Waals surface area contributed by atoms with E-state index >= 15 is 0 Å². The first-order valence-electron chi connectivity index (χ1n) is 6.65. The minimum Gasteiger partial charge on any atom is -0.205 e. The summed E-state index contributed by atoms with van der Waals surface area (Å²) in [6, 6.07) is 8.55. The van der Waals surface area contributed by atoms with Crippen LogP contribution in [0.25, 0.3) is 10.8 Å². The molecule has 1 aliphatic rings. The fraction of sp³-hybridized carbons (Fsp3) is 0.400. The van der Waals surface area contributed by atoms with Gasteiger partial charge in [0.05, 0.1) is 8.80 Å². The molecule has 0 fully saturated rings. The summed E-state index contributed by atoms with van der Waals surface area (Å²) in [5.74, 6) is 0. The molecule has 1 aromatic heterocycles. The lowest BCUT2D eigenvalue weighted by molar-refractivity contribution is -0.677. The standard InChI is InChI=1S/C15H20NSi/c1-4-14-12-5-6-15-13(8-10-17(15)3)11(12)7-9-16(14)2/h5-7,9,17H,4,8,10H2,1-3H3/q+1. The molecule has 2 heterocycles. The minimum atomic E-state index is -0.598. The number of benzene rings is 1. The summed E-state index contributed by atoms with van der Waals surface area (Å²) in [5, 5.41) is 4.71. The number of pyridine rings is 1. The molecule has 0 aliphatic carbocycles. The van der Waals surface area contributed by atoms with Gasteiger partial charge in [-0.3, -0.25) is 0 Å². The Morgan fingerprint density at radius 1 is 1.24 bits per heavy atom. The summed E-state index contributed by atoms with van der Waals surface area (Å²) in [5.41, 5.74) is 3.13. The number of hydrogen-bond acceptors (Lipinski definition) is 0. The SMILES string of the molecule is CCc1c2ccc3c(c2cc[n+]1C)CC[SiH]3C. The van der Waals surface area contributed by atoms with Gasteiger partial charge in [0.25, 0.3) is 0 Å². The first-order valence-corrected chi connectivity index (χ1v) is 9.20. The van der Waals surface area contributed by atoms with E-state index in [1.165, 1.54) is 28.9 Å². The van der Waals surface area contributed by atoms with Crippen molar-refractivity contribution in [2.75, 3.05) is 0 Å². The van der Waals surface area contributed by atoms with Gasteiger partial charge in [0.2, 0.25) is 0 Å². The van der Waals surface area contributed by atoms with Gasteiger partial charge < -0.3 is 0 Å². The van der Waals surface area contributed by atoms with Crippen molar-refractivity contribution in [2.24, 2.45) is 7.05 Å². The van der Waals surface area contributed by atoms with Gasteiger partial charge in [0, 0.05) is 17.9 Å². The van der Waals surface area contributed by atoms with Crippen LogP contribution in [-0.4, -0.2) is 8.80 Å². The Morgan fingerprint density at radius 3 is 2.82 bits per heavy atom. The van der Waals surface area contributed by atoms with Gasteiger partial charge >= 0.3 is 0 Å². The van der Waals surface area contributed by atoms with E-state index in [2.05, 4.69) is 49.5 Å². The lowest BCUT2D eigenvalue weighted by Crippen LogP contribution is -2.33. The van der Waals surface area contributed by atoms with E-state index in [1.54, 1.807) is 10.8 Å². The molecular formula is C15H20NSi+. The third-order valence-electron chi connectivity index (χ3n) is 4.29. The second-order valence-corrected chi connectivity index (χ2v) is 8.26. The molecule has 0 saturated carbocycles. The van der Waals surface area contributed by atoms with Crippen molar-refractivity contribution in [3.8, 4) is 0 Å². The molecule has 0 spiro atoms. The molecule has 1 aliphatic heterocycles. The van der Waals surface area contributed by atoms with Crippen LogP contribution in [0.5, 0.6) is 0 Å². The zero-order valence-corrected chi connectivity index (χ0v) is 12.1. The third kappa shape index (κ3) is 1.54. The maximum atomic E-state index is 2.49. The fourth-order valence-corrected chi connectivity index (χ4v) is 5.64. The van der Waals surface area contributed by atoms with Crippen LogP contribution < -0.4 is 9.75 Å². The molecule has 0 radical (unpaired) electrons. The van der Waals surface area contributed by atoms with Crippen LogP contribution in [0.1, 0.15) is 18.2 Å². The normalized spacial score (nSPS) is 18.6. The Morgan fingerprint density at radius 2 is 2.06 bits per heavy atom. The molecule has 0 saturated heterocycles. The summed E-state index contributed by atoms with van der Waals surface area (Å²) >= 11 is 0. The average Bonchev–Trinajstić information content (AvgIpc) is 2.71. The van der Waals surface area contributed by atoms with Crippen molar-refractivity contribution in [3.63, 3.8) is 0 Å². The number of fused-ring (bicyclic) bond motifs is 3. The quantitative estimate of drug-likeness (QED) is 0.531. The van der Waals surface area contributed by atoms with Crippen LogP contribution in [0.3, 0.4) is 0 Å². The number of nitrogens with zero attached hydrogens (tertiary/aromatic N) is 1. The molecule has 2 aromatic rings. The van der Waals surface area contributed by atoms with Gasteiger partial charge in [0.15, 0.2) is 11.9 Å². The number of aromatic nitrogens is 1. The van der Waals surface area contributed by atoms with Crippen molar-refractivity contribution in [1.29, 1.82) is 0 Å². The maximum Gasteiger partial charge on any atom is 0.188 e. The summed E-state index contributed by atoms with van der Waals surface area (Å²) in [6.45, 7) is 4.74. The van der Waals surface area contributed by atoms with Crippen LogP contribution in [0.15, 0.2) is 24.4 Å². The Hall–Kier alpha value is -1.15. The predicted molar refractivity (Wildman–Crippen MR) is 75.7 cm³/mol. The van der Waals surface area contributed by atoms with Crippen LogP contribution in [0, 0.1) is 0 Å². The largest absolute Gasteiger partial charge is 0.205 e. The van der Waals surface area contributed by atoms with Crippen molar-refractivity contribution in [2.45, 2.75) is 32.4 Å². The molecule has 1 nitrogen and oxygen atoms in total. The highest BCUT2D eigenvalue weighted by atomic mass is 28.3. The Balaban J connectivity index is 2.36. The van der Waals surface area contributed by atoms with Crippen LogP contribution in [-0.2, 0) is 19.9 Å². The summed E-state index contributed by atoms with van der Waals surface area (Å²) < 4.78 is 2.27. The van der Waals surface area contributed by atoms with Gasteiger partial charge in [-0.15, -0.1) is 0 Å². The molecule has 1 unspecified atom stereocenters. The highest BCUT2D eigenvalue weighted by Crippen LogP contribution is 2.25. The minimum absolute atomic E-state index is 0.598. The highest BCUT2D eigenvalue weighted by molar-refractivity contribution is 6.74. The molecule has 1 atom stereocenters. The van der Waals surface area contributed by atoms with E-state index in [-0.39, 0.29) is 0 Å². The molecule has 0 bridgehead atoms. The molecule has 0 N–H and O–H groups in total. The van der Waals surface area contributed by atoms with Crippen molar-refractivity contribution in [3.05, 3.63) is 35.7 Å². The van der Waals surface area contributed by atoms with Crippen molar-refractivity contribution in [1.82, 2.24) is 0 Å². The van der Waals surface area contributed by atoms with E-state index in [0.29, 0.717) is 0 Å². The van der Waals surface area contributed by atoms with Crippen LogP contribution >= 0.6 is 0 Å². The molecule has 1 aromatic carbocycles. The van der Waals surface area contributed by atoms with E-state index in [4.69, 9.17) is 0 Å². The molecule has 3 rings (SSSR count). The Kier molecular flexibility index (Phi) is 2.55. The van der Waals surface area contributed by atoms with Crippen molar-refractivity contribution < 1.29 is 4.57 Å². The lowest BCUT2D eigenvalue weighted by Gasteiger charge is -2.09. The van der Waals surface area contributed by atoms with Gasteiger partial charge in [0.1, 0.15) is 7.05 Å². The summed E-state index contributed by atoms with van der Waals surface area (Å²) in [4.78, 5) is 0. The lowest BCUT2D eigenvalue weighted by atomic mass is 10.0. The van der Waals surface area contributed by atoms with E-state index < -0.39 is 8.80 Å². The number of aryl methyl sites for hydroxylation is 3. The predicted octanol–water partition coefficient (Wildman–Crippen LogP) is 1.85. The highest BCUT2D eigenvalue weighted by Gasteiger charge is 2.23. The third-order valence-corrected chi connectivity index (χ3v) is 7.05. The topological polar surface area (TPSA) is 3.88 Å². The second-order valence-electron chi connectivity index (χ2n) is 5.26. The monoisotopic (exact) mass is 242 g/mol. The second kappa shape index (κ2) is 3.95. The van der Waals surface area contributed by atoms with Gasteiger partial charge in [-0.2, -0.15) is 0 Å². The molecular weight excluding hydrogens is 222 g/mol.